The molecule has 1 rings (SSSR count). The van der Waals surface area contributed by atoms with Crippen LogP contribution < -0.4 is 4.90 Å². The summed E-state index contributed by atoms with van der Waals surface area (Å²) in [6.45, 7) is 6.76. The van der Waals surface area contributed by atoms with Gasteiger partial charge in [-0.25, -0.2) is 0 Å². The molecule has 3 nitrogen and oxygen atoms in total. The highest BCUT2D eigenvalue weighted by molar-refractivity contribution is 6.04. The first-order chi connectivity index (χ1) is 7.04. The van der Waals surface area contributed by atoms with Gasteiger partial charge in [-0.05, 0) is 26.0 Å². The van der Waals surface area contributed by atoms with Crippen LogP contribution in [-0.2, 0) is 4.79 Å². The molecule has 0 aliphatic heterocycles. The lowest BCUT2D eigenvalue weighted by Gasteiger charge is -2.25. The topological polar surface area (TPSA) is 40.5 Å². The van der Waals surface area contributed by atoms with Crippen molar-refractivity contribution in [3.63, 3.8) is 0 Å². The normalized spacial score (nSPS) is 11.9. The van der Waals surface area contributed by atoms with Crippen molar-refractivity contribution >= 4 is 11.6 Å². The maximum absolute atomic E-state index is 11.8. The molecule has 0 heterocycles. The third-order valence-electron chi connectivity index (χ3n) is 1.99. The summed E-state index contributed by atoms with van der Waals surface area (Å²) in [5, 5.41) is 9.55. The Hall–Kier alpha value is -1.61. The smallest absolute Gasteiger partial charge is 0.255 e. The number of aliphatic hydroxyl groups excluding tert-OH is 1. The van der Waals surface area contributed by atoms with Crippen molar-refractivity contribution in [3.05, 3.63) is 42.5 Å². The van der Waals surface area contributed by atoms with E-state index in [4.69, 9.17) is 0 Å². The molecule has 0 bridgehead atoms. The monoisotopic (exact) mass is 205 g/mol. The highest BCUT2D eigenvalue weighted by Gasteiger charge is 2.19. The van der Waals surface area contributed by atoms with Crippen LogP contribution in [0.5, 0.6) is 0 Å². The average Bonchev–Trinajstić information content (AvgIpc) is 2.18. The molecule has 1 aromatic carbocycles. The average molecular weight is 205 g/mol. The number of aliphatic hydroxyl groups is 1. The van der Waals surface area contributed by atoms with Gasteiger partial charge < -0.3 is 5.11 Å². The number of anilines is 1. The zero-order chi connectivity index (χ0) is 11.4. The van der Waals surface area contributed by atoms with Crippen LogP contribution in [0.25, 0.3) is 0 Å². The third-order valence-corrected chi connectivity index (χ3v) is 1.99. The molecule has 0 spiro atoms. The lowest BCUT2D eigenvalue weighted by Crippen LogP contribution is -2.38. The van der Waals surface area contributed by atoms with Crippen LogP contribution in [-0.4, -0.2) is 17.2 Å². The highest BCUT2D eigenvalue weighted by Crippen LogP contribution is 2.17. The van der Waals surface area contributed by atoms with Crippen molar-refractivity contribution in [2.45, 2.75) is 20.1 Å². The molecule has 1 atom stereocenters. The van der Waals surface area contributed by atoms with Gasteiger partial charge in [-0.15, -0.1) is 0 Å². The summed E-state index contributed by atoms with van der Waals surface area (Å²) in [5.74, 6) is -0.267. The van der Waals surface area contributed by atoms with Gasteiger partial charge in [0.15, 0.2) is 0 Å². The number of hydrogen-bond donors (Lipinski definition) is 1. The number of nitrogens with zero attached hydrogens (tertiary/aromatic N) is 1. The third kappa shape index (κ3) is 2.67. The maximum atomic E-state index is 11.8. The second-order valence-electron chi connectivity index (χ2n) is 3.42. The quantitative estimate of drug-likeness (QED) is 0.605. The van der Waals surface area contributed by atoms with Crippen molar-refractivity contribution in [1.82, 2.24) is 0 Å². The molecule has 1 amide bonds. The molecule has 1 aromatic rings. The van der Waals surface area contributed by atoms with E-state index in [-0.39, 0.29) is 5.91 Å². The van der Waals surface area contributed by atoms with E-state index < -0.39 is 6.23 Å². The fourth-order valence-corrected chi connectivity index (χ4v) is 1.30. The molecular weight excluding hydrogens is 190 g/mol. The summed E-state index contributed by atoms with van der Waals surface area (Å²) >= 11 is 0. The molecule has 1 N–H and O–H groups in total. The van der Waals surface area contributed by atoms with Crippen LogP contribution in [0.4, 0.5) is 5.69 Å². The molecular formula is C12H15NO2. The van der Waals surface area contributed by atoms with Gasteiger partial charge in [0.05, 0.1) is 0 Å². The summed E-state index contributed by atoms with van der Waals surface area (Å²) < 4.78 is 0. The summed E-state index contributed by atoms with van der Waals surface area (Å²) in [4.78, 5) is 13.1. The first-order valence-corrected chi connectivity index (χ1v) is 4.76. The van der Waals surface area contributed by atoms with Gasteiger partial charge in [0.25, 0.3) is 5.91 Å². The second-order valence-corrected chi connectivity index (χ2v) is 3.42. The molecule has 0 aromatic heterocycles. The van der Waals surface area contributed by atoms with E-state index in [0.29, 0.717) is 11.3 Å². The number of rotatable bonds is 3. The van der Waals surface area contributed by atoms with Crippen LogP contribution in [0.2, 0.25) is 0 Å². The molecule has 80 valence electrons. The predicted molar refractivity (Wildman–Crippen MR) is 60.4 cm³/mol. The van der Waals surface area contributed by atoms with E-state index in [2.05, 4.69) is 6.58 Å². The van der Waals surface area contributed by atoms with Crippen molar-refractivity contribution in [1.29, 1.82) is 0 Å². The Morgan fingerprint density at radius 2 is 1.93 bits per heavy atom. The van der Waals surface area contributed by atoms with E-state index >= 15 is 0 Å². The largest absolute Gasteiger partial charge is 0.373 e. The Bertz CT molecular complexity index is 357. The summed E-state index contributed by atoms with van der Waals surface area (Å²) in [7, 11) is 0. The SMILES string of the molecule is C=C(C)C(=O)N(c1ccccc1)C(C)O. The van der Waals surface area contributed by atoms with Crippen LogP contribution in [0.3, 0.4) is 0 Å². The fraction of sp³-hybridized carbons (Fsp3) is 0.250. The van der Waals surface area contributed by atoms with Gasteiger partial charge >= 0.3 is 0 Å². The molecule has 0 aliphatic rings. The van der Waals surface area contributed by atoms with Crippen LogP contribution in [0.1, 0.15) is 13.8 Å². The molecule has 0 aliphatic carbocycles. The Morgan fingerprint density at radius 3 is 2.33 bits per heavy atom. The Balaban J connectivity index is 3.04. The summed E-state index contributed by atoms with van der Waals surface area (Å²) in [5.41, 5.74) is 1.07. The highest BCUT2D eigenvalue weighted by atomic mass is 16.3. The first kappa shape index (κ1) is 11.5. The van der Waals surface area contributed by atoms with Gasteiger partial charge in [0.2, 0.25) is 0 Å². The van der Waals surface area contributed by atoms with E-state index in [9.17, 15) is 9.90 Å². The number of amides is 1. The maximum Gasteiger partial charge on any atom is 0.255 e. The zero-order valence-corrected chi connectivity index (χ0v) is 8.97. The van der Waals surface area contributed by atoms with Crippen LogP contribution in [0, 0.1) is 0 Å². The van der Waals surface area contributed by atoms with Gasteiger partial charge in [-0.2, -0.15) is 0 Å². The molecule has 3 heteroatoms. The lowest BCUT2D eigenvalue weighted by atomic mass is 10.2. The summed E-state index contributed by atoms with van der Waals surface area (Å²) in [6.07, 6.45) is -0.864. The van der Waals surface area contributed by atoms with Gasteiger partial charge in [-0.3, -0.25) is 9.69 Å². The molecule has 0 saturated carbocycles. The van der Waals surface area contributed by atoms with Crippen molar-refractivity contribution in [2.24, 2.45) is 0 Å². The number of carbonyl (C=O) groups excluding carboxylic acids is 1. The van der Waals surface area contributed by atoms with Gasteiger partial charge in [-0.1, -0.05) is 24.8 Å². The molecule has 1 unspecified atom stereocenters. The minimum Gasteiger partial charge on any atom is -0.373 e. The fourth-order valence-electron chi connectivity index (χ4n) is 1.30. The van der Waals surface area contributed by atoms with E-state index in [0.717, 1.165) is 0 Å². The van der Waals surface area contributed by atoms with Crippen LogP contribution in [0.15, 0.2) is 42.5 Å². The second kappa shape index (κ2) is 4.75. The van der Waals surface area contributed by atoms with Crippen molar-refractivity contribution in [2.75, 3.05) is 4.90 Å². The zero-order valence-electron chi connectivity index (χ0n) is 8.97. The lowest BCUT2D eigenvalue weighted by molar-refractivity contribution is -0.116. The van der Waals surface area contributed by atoms with Crippen molar-refractivity contribution < 1.29 is 9.90 Å². The number of benzene rings is 1. The van der Waals surface area contributed by atoms with E-state index in [1.165, 1.54) is 4.90 Å². The van der Waals surface area contributed by atoms with Crippen molar-refractivity contribution in [3.8, 4) is 0 Å². The van der Waals surface area contributed by atoms with Crippen LogP contribution >= 0.6 is 0 Å². The molecule has 0 fully saturated rings. The number of carbonyl (C=O) groups is 1. The number of hydrogen-bond acceptors (Lipinski definition) is 2. The van der Waals surface area contributed by atoms with Gasteiger partial charge in [0.1, 0.15) is 6.23 Å². The summed E-state index contributed by atoms with van der Waals surface area (Å²) in [6, 6.07) is 9.03. The Kier molecular flexibility index (Phi) is 3.63. The number of para-hydroxylation sites is 1. The Labute approximate surface area is 89.6 Å². The minimum atomic E-state index is -0.864. The Morgan fingerprint density at radius 1 is 1.40 bits per heavy atom. The standard InChI is InChI=1S/C12H15NO2/c1-9(2)12(15)13(10(3)14)11-7-5-4-6-8-11/h4-8,10,14H,1H2,2-3H3. The van der Waals surface area contributed by atoms with E-state index in [1.54, 1.807) is 26.0 Å². The minimum absolute atomic E-state index is 0.267. The molecule has 0 saturated heterocycles. The van der Waals surface area contributed by atoms with E-state index in [1.807, 2.05) is 18.2 Å². The first-order valence-electron chi connectivity index (χ1n) is 4.76. The predicted octanol–water partition coefficient (Wildman–Crippen LogP) is 1.93. The molecule has 15 heavy (non-hydrogen) atoms. The van der Waals surface area contributed by atoms with Gasteiger partial charge in [0, 0.05) is 11.3 Å². The molecule has 0 radical (unpaired) electrons.